The number of carboxylic acid groups (broad SMARTS) is 1. The van der Waals surface area contributed by atoms with Crippen molar-refractivity contribution in [3.8, 4) is 0 Å². The summed E-state index contributed by atoms with van der Waals surface area (Å²) in [6.45, 7) is 4.99. The third-order valence-electron chi connectivity index (χ3n) is 1.23. The number of carbonyl (C=O) groups is 2. The first-order chi connectivity index (χ1) is 6.28. The smallest absolute Gasteiger partial charge is 0.324 e. The molecule has 0 spiro atoms. The fourth-order valence-electron chi connectivity index (χ4n) is 0.738. The van der Waals surface area contributed by atoms with Crippen molar-refractivity contribution in [3.05, 3.63) is 12.3 Å². The standard InChI is InChI=1S/C9H15NO4/c1-9(2,3)14-8(13)6(4-5-10)7(11)12/h4-6H,10H2,1-3H3,(H,11,12)/t6-/m0/s1. The number of ether oxygens (including phenoxy) is 1. The van der Waals surface area contributed by atoms with Crippen LogP contribution in [0.5, 0.6) is 0 Å². The zero-order valence-electron chi connectivity index (χ0n) is 8.48. The van der Waals surface area contributed by atoms with Gasteiger partial charge in [-0.05, 0) is 33.0 Å². The van der Waals surface area contributed by atoms with Crippen molar-refractivity contribution in [1.29, 1.82) is 0 Å². The zero-order chi connectivity index (χ0) is 11.4. The van der Waals surface area contributed by atoms with Crippen molar-refractivity contribution in [1.82, 2.24) is 0 Å². The molecule has 0 saturated heterocycles. The Balaban J connectivity index is 4.54. The molecule has 0 aliphatic heterocycles. The van der Waals surface area contributed by atoms with Gasteiger partial charge in [0.05, 0.1) is 0 Å². The van der Waals surface area contributed by atoms with Gasteiger partial charge < -0.3 is 15.6 Å². The Labute approximate surface area is 82.5 Å². The van der Waals surface area contributed by atoms with Gasteiger partial charge in [0.15, 0.2) is 5.92 Å². The summed E-state index contributed by atoms with van der Waals surface area (Å²) in [6.07, 6.45) is 2.10. The highest BCUT2D eigenvalue weighted by atomic mass is 16.6. The molecule has 0 bridgehead atoms. The van der Waals surface area contributed by atoms with E-state index in [1.807, 2.05) is 0 Å². The normalized spacial score (nSPS) is 13.9. The second-order valence-corrected chi connectivity index (χ2v) is 3.73. The highest BCUT2D eigenvalue weighted by Gasteiger charge is 2.28. The number of esters is 1. The van der Waals surface area contributed by atoms with Gasteiger partial charge in [0.25, 0.3) is 0 Å². The maximum absolute atomic E-state index is 11.3. The number of carboxylic acids is 1. The van der Waals surface area contributed by atoms with E-state index >= 15 is 0 Å². The Morgan fingerprint density at radius 3 is 2.21 bits per heavy atom. The number of hydrogen-bond acceptors (Lipinski definition) is 4. The molecule has 0 saturated carbocycles. The predicted octanol–water partition coefficient (Wildman–Crippen LogP) is 0.501. The number of aliphatic carboxylic acids is 1. The highest BCUT2D eigenvalue weighted by molar-refractivity contribution is 5.96. The molecule has 0 unspecified atom stereocenters. The molecule has 80 valence electrons. The monoisotopic (exact) mass is 201 g/mol. The predicted molar refractivity (Wildman–Crippen MR) is 50.3 cm³/mol. The van der Waals surface area contributed by atoms with Gasteiger partial charge in [0.1, 0.15) is 5.60 Å². The van der Waals surface area contributed by atoms with E-state index in [0.717, 1.165) is 12.3 Å². The van der Waals surface area contributed by atoms with Crippen LogP contribution in [0, 0.1) is 5.92 Å². The van der Waals surface area contributed by atoms with Gasteiger partial charge in [-0.2, -0.15) is 0 Å². The van der Waals surface area contributed by atoms with Crippen molar-refractivity contribution in [2.75, 3.05) is 0 Å². The molecule has 0 rings (SSSR count). The van der Waals surface area contributed by atoms with Crippen LogP contribution < -0.4 is 5.73 Å². The van der Waals surface area contributed by atoms with Gasteiger partial charge in [0.2, 0.25) is 0 Å². The summed E-state index contributed by atoms with van der Waals surface area (Å²) in [7, 11) is 0. The second kappa shape index (κ2) is 4.64. The van der Waals surface area contributed by atoms with Crippen LogP contribution in [0.25, 0.3) is 0 Å². The minimum absolute atomic E-state index is 0.701. The molecular formula is C9H15NO4. The van der Waals surface area contributed by atoms with Gasteiger partial charge in [-0.25, -0.2) is 0 Å². The fourth-order valence-corrected chi connectivity index (χ4v) is 0.738. The minimum atomic E-state index is -1.33. The average molecular weight is 201 g/mol. The van der Waals surface area contributed by atoms with Gasteiger partial charge in [-0.1, -0.05) is 0 Å². The first-order valence-electron chi connectivity index (χ1n) is 4.12. The molecule has 0 aromatic heterocycles. The van der Waals surface area contributed by atoms with E-state index in [1.165, 1.54) is 0 Å². The first kappa shape index (κ1) is 12.5. The zero-order valence-corrected chi connectivity index (χ0v) is 8.48. The first-order valence-corrected chi connectivity index (χ1v) is 4.12. The van der Waals surface area contributed by atoms with Crippen molar-refractivity contribution < 1.29 is 19.4 Å². The molecule has 1 atom stereocenters. The lowest BCUT2D eigenvalue weighted by atomic mass is 10.1. The van der Waals surface area contributed by atoms with Crippen LogP contribution in [0.3, 0.4) is 0 Å². The molecule has 0 fully saturated rings. The summed E-state index contributed by atoms with van der Waals surface area (Å²) < 4.78 is 4.89. The topological polar surface area (TPSA) is 89.6 Å². The number of carbonyl (C=O) groups excluding carboxylic acids is 1. The van der Waals surface area contributed by atoms with Crippen LogP contribution in [-0.2, 0) is 14.3 Å². The van der Waals surface area contributed by atoms with Gasteiger partial charge in [0, 0.05) is 0 Å². The molecule has 0 aromatic rings. The Morgan fingerprint density at radius 1 is 1.43 bits per heavy atom. The van der Waals surface area contributed by atoms with Crippen molar-refractivity contribution >= 4 is 11.9 Å². The van der Waals surface area contributed by atoms with Crippen LogP contribution in [0.4, 0.5) is 0 Å². The van der Waals surface area contributed by atoms with Crippen LogP contribution in [-0.4, -0.2) is 22.6 Å². The number of hydrogen-bond donors (Lipinski definition) is 2. The molecule has 14 heavy (non-hydrogen) atoms. The Morgan fingerprint density at radius 2 is 1.93 bits per heavy atom. The van der Waals surface area contributed by atoms with Gasteiger partial charge in [-0.15, -0.1) is 0 Å². The molecule has 0 aliphatic rings. The molecular weight excluding hydrogens is 186 g/mol. The van der Waals surface area contributed by atoms with E-state index in [4.69, 9.17) is 15.6 Å². The molecule has 0 amide bonds. The van der Waals surface area contributed by atoms with Gasteiger partial charge in [-0.3, -0.25) is 9.59 Å². The molecule has 3 N–H and O–H groups in total. The lowest BCUT2D eigenvalue weighted by Gasteiger charge is -2.20. The summed E-state index contributed by atoms with van der Waals surface area (Å²) in [6, 6.07) is 0. The Kier molecular flexibility index (Phi) is 4.14. The molecule has 0 heterocycles. The van der Waals surface area contributed by atoms with Crippen LogP contribution in [0.15, 0.2) is 12.3 Å². The molecule has 0 aromatic carbocycles. The highest BCUT2D eigenvalue weighted by Crippen LogP contribution is 2.12. The molecule has 0 radical (unpaired) electrons. The summed E-state index contributed by atoms with van der Waals surface area (Å²) in [4.78, 5) is 21.9. The quantitative estimate of drug-likeness (QED) is 0.512. The maximum atomic E-state index is 11.3. The summed E-state index contributed by atoms with van der Waals surface area (Å²) in [5, 5.41) is 8.66. The minimum Gasteiger partial charge on any atom is -0.480 e. The second-order valence-electron chi connectivity index (χ2n) is 3.73. The summed E-state index contributed by atoms with van der Waals surface area (Å²) in [5.41, 5.74) is 4.32. The van der Waals surface area contributed by atoms with Crippen LogP contribution >= 0.6 is 0 Å². The third-order valence-corrected chi connectivity index (χ3v) is 1.23. The SMILES string of the molecule is CC(C)(C)OC(=O)[C@@H](C=CN)C(=O)O. The van der Waals surface area contributed by atoms with E-state index < -0.39 is 23.5 Å². The van der Waals surface area contributed by atoms with E-state index in [0.29, 0.717) is 0 Å². The van der Waals surface area contributed by atoms with Crippen molar-refractivity contribution in [2.45, 2.75) is 26.4 Å². The molecule has 5 heteroatoms. The van der Waals surface area contributed by atoms with Crippen LogP contribution in [0.2, 0.25) is 0 Å². The van der Waals surface area contributed by atoms with E-state index in [1.54, 1.807) is 20.8 Å². The largest absolute Gasteiger partial charge is 0.480 e. The lowest BCUT2D eigenvalue weighted by molar-refractivity contribution is -0.164. The van der Waals surface area contributed by atoms with E-state index in [2.05, 4.69) is 0 Å². The van der Waals surface area contributed by atoms with Crippen molar-refractivity contribution in [3.63, 3.8) is 0 Å². The summed E-state index contributed by atoms with van der Waals surface area (Å²) in [5.74, 6) is -3.42. The summed E-state index contributed by atoms with van der Waals surface area (Å²) >= 11 is 0. The number of rotatable bonds is 3. The molecule has 5 nitrogen and oxygen atoms in total. The number of nitrogens with two attached hydrogens (primary N) is 1. The molecule has 0 aliphatic carbocycles. The van der Waals surface area contributed by atoms with E-state index in [-0.39, 0.29) is 0 Å². The van der Waals surface area contributed by atoms with Crippen LogP contribution in [0.1, 0.15) is 20.8 Å². The lowest BCUT2D eigenvalue weighted by Crippen LogP contribution is -2.31. The Hall–Kier alpha value is -1.52. The maximum Gasteiger partial charge on any atom is 0.324 e. The average Bonchev–Trinajstić information content (AvgIpc) is 1.95. The fraction of sp³-hybridized carbons (Fsp3) is 0.556. The van der Waals surface area contributed by atoms with Crippen molar-refractivity contribution in [2.24, 2.45) is 11.7 Å². The van der Waals surface area contributed by atoms with E-state index in [9.17, 15) is 9.59 Å². The third kappa shape index (κ3) is 4.49. The Bertz CT molecular complexity index is 252. The van der Waals surface area contributed by atoms with Gasteiger partial charge >= 0.3 is 11.9 Å².